The Kier molecular flexibility index (Phi) is 7.67. The van der Waals surface area contributed by atoms with Crippen LogP contribution in [-0.4, -0.2) is 48.7 Å². The van der Waals surface area contributed by atoms with Crippen molar-refractivity contribution in [1.82, 2.24) is 4.57 Å². The molecule has 0 amide bonds. The Morgan fingerprint density at radius 1 is 1.14 bits per heavy atom. The van der Waals surface area contributed by atoms with Gasteiger partial charge in [0, 0.05) is 31.9 Å². The first-order valence-corrected chi connectivity index (χ1v) is 9.20. The highest BCUT2D eigenvalue weighted by Crippen LogP contribution is 2.36. The van der Waals surface area contributed by atoms with Crippen LogP contribution in [0.25, 0.3) is 0 Å². The number of hydrogen-bond donors (Lipinski definition) is 2. The van der Waals surface area contributed by atoms with E-state index in [0.29, 0.717) is 30.8 Å². The van der Waals surface area contributed by atoms with Gasteiger partial charge in [-0.3, -0.25) is 9.59 Å². The molecule has 0 spiro atoms. The summed E-state index contributed by atoms with van der Waals surface area (Å²) in [5, 5.41) is 20.5. The van der Waals surface area contributed by atoms with Crippen LogP contribution in [-0.2, 0) is 20.8 Å². The van der Waals surface area contributed by atoms with Gasteiger partial charge < -0.3 is 29.0 Å². The third-order valence-corrected chi connectivity index (χ3v) is 4.81. The Hall–Kier alpha value is -3.00. The predicted molar refractivity (Wildman–Crippen MR) is 107 cm³/mol. The number of aromatic nitrogens is 1. The fourth-order valence-corrected chi connectivity index (χ4v) is 3.29. The first-order valence-electron chi connectivity index (χ1n) is 9.20. The maximum absolute atomic E-state index is 13.2. The zero-order chi connectivity index (χ0) is 21.6. The number of aryl methyl sites for hydroxylation is 1. The molecule has 1 atom stereocenters. The van der Waals surface area contributed by atoms with Crippen LogP contribution in [0.5, 0.6) is 17.2 Å². The van der Waals surface area contributed by atoms with Crippen LogP contribution in [0, 0.1) is 6.92 Å². The van der Waals surface area contributed by atoms with Crippen molar-refractivity contribution in [3.8, 4) is 17.2 Å². The Bertz CT molecular complexity index is 920. The maximum atomic E-state index is 13.2. The average molecular weight is 405 g/mol. The first kappa shape index (κ1) is 22.3. The van der Waals surface area contributed by atoms with Crippen LogP contribution in [0.2, 0.25) is 0 Å². The second-order valence-electron chi connectivity index (χ2n) is 6.65. The number of carbonyl (C=O) groups excluding carboxylic acids is 1. The minimum absolute atomic E-state index is 0.0711. The maximum Gasteiger partial charge on any atom is 0.306 e. The fraction of sp³-hybridized carbons (Fsp3) is 0.429. The molecule has 1 aromatic heterocycles. The highest BCUT2D eigenvalue weighted by Gasteiger charge is 2.27. The molecule has 0 aliphatic carbocycles. The second-order valence-corrected chi connectivity index (χ2v) is 6.65. The van der Waals surface area contributed by atoms with Crippen molar-refractivity contribution < 1.29 is 29.2 Å². The number of esters is 1. The van der Waals surface area contributed by atoms with Gasteiger partial charge in [0.2, 0.25) is 0 Å². The summed E-state index contributed by atoms with van der Waals surface area (Å²) in [6.45, 7) is 2.63. The summed E-state index contributed by atoms with van der Waals surface area (Å²) in [6, 6.07) is 6.04. The summed E-state index contributed by atoms with van der Waals surface area (Å²) in [5.41, 5.74) is 0.836. The lowest BCUT2D eigenvalue weighted by molar-refractivity contribution is -0.140. The third-order valence-electron chi connectivity index (χ3n) is 4.81. The molecular weight excluding hydrogens is 378 g/mol. The molecule has 2 N–H and O–H groups in total. The number of carbonyl (C=O) groups is 1. The molecule has 0 saturated heterocycles. The smallest absolute Gasteiger partial charge is 0.306 e. The number of benzene rings is 1. The molecule has 0 fully saturated rings. The van der Waals surface area contributed by atoms with Gasteiger partial charge in [-0.15, -0.1) is 0 Å². The highest BCUT2D eigenvalue weighted by molar-refractivity contribution is 5.71. The number of hydrogen-bond acceptors (Lipinski definition) is 7. The van der Waals surface area contributed by atoms with Crippen molar-refractivity contribution in [2.24, 2.45) is 0 Å². The molecule has 158 valence electrons. The normalized spacial score (nSPS) is 11.9. The van der Waals surface area contributed by atoms with Crippen LogP contribution in [0.3, 0.4) is 0 Å². The first-order chi connectivity index (χ1) is 13.8. The van der Waals surface area contributed by atoms with E-state index in [1.165, 1.54) is 32.4 Å². The Labute approximate surface area is 169 Å². The summed E-state index contributed by atoms with van der Waals surface area (Å²) >= 11 is 0. The number of nitrogens with zero attached hydrogens (tertiary/aromatic N) is 1. The molecule has 2 rings (SSSR count). The highest BCUT2D eigenvalue weighted by atomic mass is 16.5. The van der Waals surface area contributed by atoms with Gasteiger partial charge in [-0.25, -0.2) is 0 Å². The van der Waals surface area contributed by atoms with Gasteiger partial charge in [-0.1, -0.05) is 6.07 Å². The van der Waals surface area contributed by atoms with Crippen LogP contribution in [0.15, 0.2) is 29.1 Å². The van der Waals surface area contributed by atoms with Gasteiger partial charge in [0.25, 0.3) is 5.56 Å². The van der Waals surface area contributed by atoms with E-state index in [-0.39, 0.29) is 34.8 Å². The molecular formula is C21H27NO7. The molecule has 29 heavy (non-hydrogen) atoms. The van der Waals surface area contributed by atoms with E-state index in [1.807, 2.05) is 0 Å². The average Bonchev–Trinajstić information content (AvgIpc) is 2.69. The monoisotopic (exact) mass is 405 g/mol. The van der Waals surface area contributed by atoms with E-state index in [1.54, 1.807) is 24.7 Å². The molecule has 0 saturated carbocycles. The molecule has 1 aromatic carbocycles. The molecule has 2 aromatic rings. The van der Waals surface area contributed by atoms with Gasteiger partial charge >= 0.3 is 5.97 Å². The predicted octanol–water partition coefficient (Wildman–Crippen LogP) is 2.31. The third kappa shape index (κ3) is 5.08. The van der Waals surface area contributed by atoms with E-state index in [0.717, 1.165) is 0 Å². The van der Waals surface area contributed by atoms with Crippen molar-refractivity contribution in [3.05, 3.63) is 51.4 Å². The second kappa shape index (κ2) is 9.97. The van der Waals surface area contributed by atoms with E-state index in [2.05, 4.69) is 0 Å². The van der Waals surface area contributed by atoms with Crippen molar-refractivity contribution in [1.29, 1.82) is 0 Å². The van der Waals surface area contributed by atoms with Crippen LogP contribution in [0.1, 0.15) is 35.6 Å². The summed E-state index contributed by atoms with van der Waals surface area (Å²) in [4.78, 5) is 25.3. The molecule has 1 unspecified atom stereocenters. The Balaban J connectivity index is 2.63. The molecule has 1 heterocycles. The lowest BCUT2D eigenvalue weighted by atomic mass is 9.88. The van der Waals surface area contributed by atoms with Gasteiger partial charge in [0.1, 0.15) is 5.75 Å². The Morgan fingerprint density at radius 3 is 2.48 bits per heavy atom. The molecule has 0 aliphatic rings. The van der Waals surface area contributed by atoms with Gasteiger partial charge in [-0.05, 0) is 37.1 Å². The van der Waals surface area contributed by atoms with Crippen LogP contribution >= 0.6 is 0 Å². The molecule has 0 radical (unpaired) electrons. The number of pyridine rings is 1. The number of rotatable bonds is 9. The number of methoxy groups -OCH3 is 3. The zero-order valence-corrected chi connectivity index (χ0v) is 17.1. The van der Waals surface area contributed by atoms with Crippen molar-refractivity contribution in [2.45, 2.75) is 32.2 Å². The molecule has 8 heteroatoms. The summed E-state index contributed by atoms with van der Waals surface area (Å²) in [7, 11) is 4.25. The quantitative estimate of drug-likeness (QED) is 0.487. The minimum atomic E-state index is -0.779. The lowest BCUT2D eigenvalue weighted by Crippen LogP contribution is -2.29. The number of phenolic OH excluding ortho intramolecular Hbond substituents is 1. The molecule has 0 bridgehead atoms. The summed E-state index contributed by atoms with van der Waals surface area (Å²) < 4.78 is 16.5. The van der Waals surface area contributed by atoms with Gasteiger partial charge in [-0.2, -0.15) is 0 Å². The fourth-order valence-electron chi connectivity index (χ4n) is 3.29. The topological polar surface area (TPSA) is 107 Å². The van der Waals surface area contributed by atoms with Crippen LogP contribution in [0.4, 0.5) is 0 Å². The van der Waals surface area contributed by atoms with E-state index < -0.39 is 11.9 Å². The SMILES string of the molecule is COCCCn1c(C)cc(O)c(C(CC(=O)OC)c2ccc(O)c(OC)c2)c1=O. The van der Waals surface area contributed by atoms with Crippen molar-refractivity contribution >= 4 is 5.97 Å². The van der Waals surface area contributed by atoms with Crippen molar-refractivity contribution in [2.75, 3.05) is 27.9 Å². The van der Waals surface area contributed by atoms with E-state index in [9.17, 15) is 19.8 Å². The largest absolute Gasteiger partial charge is 0.507 e. The van der Waals surface area contributed by atoms with E-state index >= 15 is 0 Å². The van der Waals surface area contributed by atoms with Gasteiger partial charge in [0.05, 0.1) is 26.2 Å². The number of ether oxygens (including phenoxy) is 3. The Morgan fingerprint density at radius 2 is 1.86 bits per heavy atom. The number of aromatic hydroxyl groups is 2. The standard InChI is InChI=1S/C21H27NO7/c1-13-10-17(24)20(21(26)22(13)8-5-9-27-2)15(12-19(25)29-4)14-6-7-16(23)18(11-14)28-3/h6-7,10-11,15,23-24H,5,8-9,12H2,1-4H3. The molecule has 8 nitrogen and oxygen atoms in total. The molecule has 0 aliphatic heterocycles. The summed E-state index contributed by atoms with van der Waals surface area (Å²) in [6.07, 6.45) is 0.463. The van der Waals surface area contributed by atoms with Gasteiger partial charge in [0.15, 0.2) is 11.5 Å². The van der Waals surface area contributed by atoms with E-state index in [4.69, 9.17) is 14.2 Å². The zero-order valence-electron chi connectivity index (χ0n) is 17.1. The lowest BCUT2D eigenvalue weighted by Gasteiger charge is -2.21. The summed E-state index contributed by atoms with van der Waals surface area (Å²) in [5.74, 6) is -1.38. The van der Waals surface area contributed by atoms with Crippen molar-refractivity contribution in [3.63, 3.8) is 0 Å². The van der Waals surface area contributed by atoms with Crippen LogP contribution < -0.4 is 10.3 Å². The number of phenols is 1. The minimum Gasteiger partial charge on any atom is -0.507 e.